The van der Waals surface area contributed by atoms with Crippen LogP contribution in [0.5, 0.6) is 0 Å². The van der Waals surface area contributed by atoms with Crippen molar-refractivity contribution in [3.8, 4) is 0 Å². The Balaban J connectivity index is 0.948. The minimum absolute atomic E-state index is 0.00250. The summed E-state index contributed by atoms with van der Waals surface area (Å²) in [5.41, 5.74) is 2.74. The third-order valence-corrected chi connectivity index (χ3v) is 11.0. The molecule has 0 aliphatic carbocycles. The molecule has 3 aliphatic heterocycles. The first-order valence-corrected chi connectivity index (χ1v) is 18.2. The lowest BCUT2D eigenvalue weighted by Gasteiger charge is -2.37. The Hall–Kier alpha value is -4.99. The summed E-state index contributed by atoms with van der Waals surface area (Å²) in [4.78, 5) is 69.8. The van der Waals surface area contributed by atoms with Gasteiger partial charge in [0, 0.05) is 44.7 Å². The number of benzene rings is 2. The Kier molecular flexibility index (Phi) is 9.92. The maximum absolute atomic E-state index is 15.3. The van der Waals surface area contributed by atoms with Crippen molar-refractivity contribution in [1.29, 1.82) is 0 Å². The van der Waals surface area contributed by atoms with Gasteiger partial charge in [0.15, 0.2) is 5.13 Å². The molecule has 52 heavy (non-hydrogen) atoms. The van der Waals surface area contributed by atoms with Crippen molar-refractivity contribution in [1.82, 2.24) is 30.1 Å². The molecule has 13 nitrogen and oxygen atoms in total. The summed E-state index contributed by atoms with van der Waals surface area (Å²) < 4.78 is 15.3. The number of piperidine rings is 2. The Morgan fingerprint density at radius 3 is 2.65 bits per heavy atom. The quantitative estimate of drug-likeness (QED) is 0.195. The monoisotopic (exact) mass is 745 g/mol. The summed E-state index contributed by atoms with van der Waals surface area (Å²) in [5, 5.41) is 9.35. The first-order valence-electron chi connectivity index (χ1n) is 17.0. The lowest BCUT2D eigenvalue weighted by molar-refractivity contribution is -0.136. The molecule has 0 radical (unpaired) electrons. The molecule has 1 unspecified atom stereocenters. The van der Waals surface area contributed by atoms with Gasteiger partial charge < -0.3 is 20.4 Å². The minimum Gasteiger partial charge on any atom is -0.356 e. The fourth-order valence-electron chi connectivity index (χ4n) is 7.05. The number of halogens is 2. The predicted octanol–water partition coefficient (Wildman–Crippen LogP) is 5.20. The van der Waals surface area contributed by atoms with E-state index in [0.29, 0.717) is 44.5 Å². The van der Waals surface area contributed by atoms with E-state index in [1.807, 2.05) is 45.2 Å². The number of fused-ring (bicyclic) bond motifs is 1. The van der Waals surface area contributed by atoms with Gasteiger partial charge in [-0.2, -0.15) is 0 Å². The topological polar surface area (TPSA) is 153 Å². The van der Waals surface area contributed by atoms with Gasteiger partial charge in [-0.1, -0.05) is 41.1 Å². The molecule has 16 heteroatoms. The smallest absolute Gasteiger partial charge is 0.267 e. The fraction of sp³-hybridized carbons (Fsp3) is 0.361. The number of carbonyl (C=O) groups excluding carboxylic acids is 4. The molecular formula is C36H37ClFN9O4S. The molecular weight excluding hydrogens is 709 g/mol. The molecule has 2 aromatic heterocycles. The highest BCUT2D eigenvalue weighted by Crippen LogP contribution is 2.32. The Morgan fingerprint density at radius 1 is 1.12 bits per heavy atom. The van der Waals surface area contributed by atoms with Crippen molar-refractivity contribution in [2.75, 3.05) is 35.7 Å². The van der Waals surface area contributed by atoms with Crippen LogP contribution in [0.25, 0.3) is 0 Å². The Morgan fingerprint density at radius 2 is 1.90 bits per heavy atom. The minimum atomic E-state index is -0.789. The van der Waals surface area contributed by atoms with Crippen LogP contribution in [-0.2, 0) is 22.7 Å². The van der Waals surface area contributed by atoms with Crippen LogP contribution in [0, 0.1) is 19.7 Å². The van der Waals surface area contributed by atoms with E-state index in [-0.39, 0.29) is 42.8 Å². The first kappa shape index (κ1) is 35.4. The SMILES string of the molecule is Cc1nc(Nc2ncc(C(=O)Nc3c(C)cccc3Cl)s2)cc(N2CCC(N(C)Cc3cc(F)c4c(c3)CN(C3CCC(=O)NC3=O)C4=O)CC2)n1. The Bertz CT molecular complexity index is 2070. The summed E-state index contributed by atoms with van der Waals surface area (Å²) in [6.45, 7) is 5.83. The van der Waals surface area contributed by atoms with Gasteiger partial charge in [0.05, 0.1) is 22.5 Å². The number of nitrogens with one attached hydrogen (secondary N) is 3. The van der Waals surface area contributed by atoms with E-state index in [1.165, 1.54) is 28.5 Å². The van der Waals surface area contributed by atoms with Crippen LogP contribution < -0.4 is 20.9 Å². The maximum atomic E-state index is 15.3. The van der Waals surface area contributed by atoms with Crippen LogP contribution in [0.3, 0.4) is 0 Å². The van der Waals surface area contributed by atoms with Crippen LogP contribution in [0.2, 0.25) is 5.02 Å². The summed E-state index contributed by atoms with van der Waals surface area (Å²) in [6.07, 6.45) is 3.59. The standard InChI is InChI=1S/C36H37ClFN9O4S/c1-19-5-4-6-24(37)32(19)44-34(50)27-16-39-36(52-27)42-28-15-29(41-20(2)40-28)46-11-9-23(10-12-46)45(3)17-21-13-22-18-47(35(51)31(22)25(38)14-21)26-7-8-30(48)43-33(26)49/h4-6,13-16,23,26H,7-12,17-18H2,1-3H3,(H,44,50)(H,43,48,49)(H,39,40,41,42). The van der Waals surface area contributed by atoms with Gasteiger partial charge in [0.1, 0.15) is 34.2 Å². The first-order chi connectivity index (χ1) is 24.9. The normalized spacial score (nSPS) is 17.8. The number of hydrogen-bond donors (Lipinski definition) is 3. The highest BCUT2D eigenvalue weighted by atomic mass is 35.5. The van der Waals surface area contributed by atoms with Gasteiger partial charge in [0.2, 0.25) is 11.8 Å². The van der Waals surface area contributed by atoms with E-state index in [2.05, 4.69) is 40.7 Å². The van der Waals surface area contributed by atoms with Crippen LogP contribution in [0.15, 0.2) is 42.6 Å². The van der Waals surface area contributed by atoms with E-state index in [9.17, 15) is 19.2 Å². The van der Waals surface area contributed by atoms with Crippen LogP contribution in [-0.4, -0.2) is 80.6 Å². The largest absolute Gasteiger partial charge is 0.356 e. The van der Waals surface area contributed by atoms with Crippen LogP contribution in [0.4, 0.5) is 26.8 Å². The molecule has 4 aromatic rings. The number of amides is 4. The zero-order valence-corrected chi connectivity index (χ0v) is 30.4. The van der Waals surface area contributed by atoms with Crippen molar-refractivity contribution in [3.63, 3.8) is 0 Å². The molecule has 270 valence electrons. The molecule has 0 spiro atoms. The molecule has 3 aliphatic rings. The molecule has 0 bridgehead atoms. The highest BCUT2D eigenvalue weighted by Gasteiger charge is 2.40. The van der Waals surface area contributed by atoms with Gasteiger partial charge in [-0.25, -0.2) is 19.3 Å². The second kappa shape index (κ2) is 14.6. The van der Waals surface area contributed by atoms with Gasteiger partial charge in [-0.15, -0.1) is 0 Å². The molecule has 2 fully saturated rings. The van der Waals surface area contributed by atoms with Gasteiger partial charge in [-0.05, 0) is 69.0 Å². The molecule has 0 saturated carbocycles. The third kappa shape index (κ3) is 7.34. The third-order valence-electron chi connectivity index (χ3n) is 9.73. The number of nitrogens with zero attached hydrogens (tertiary/aromatic N) is 6. The van der Waals surface area contributed by atoms with E-state index in [4.69, 9.17) is 11.6 Å². The van der Waals surface area contributed by atoms with Crippen molar-refractivity contribution in [3.05, 3.63) is 86.4 Å². The van der Waals surface area contributed by atoms with Crippen molar-refractivity contribution >= 4 is 69.0 Å². The van der Waals surface area contributed by atoms with Crippen LogP contribution in [0.1, 0.15) is 68.2 Å². The molecule has 3 N–H and O–H groups in total. The van der Waals surface area contributed by atoms with Crippen LogP contribution >= 0.6 is 22.9 Å². The number of rotatable bonds is 9. The van der Waals surface area contributed by atoms with Crippen molar-refractivity contribution in [2.45, 2.75) is 64.7 Å². The predicted molar refractivity (Wildman–Crippen MR) is 195 cm³/mol. The van der Waals surface area contributed by atoms with E-state index in [0.717, 1.165) is 42.9 Å². The second-order valence-corrected chi connectivity index (χ2v) is 14.8. The van der Waals surface area contributed by atoms with E-state index >= 15 is 4.39 Å². The molecule has 2 saturated heterocycles. The summed E-state index contributed by atoms with van der Waals surface area (Å²) >= 11 is 7.49. The van der Waals surface area contributed by atoms with Crippen molar-refractivity contribution in [2.24, 2.45) is 0 Å². The van der Waals surface area contributed by atoms with Crippen molar-refractivity contribution < 1.29 is 23.6 Å². The number of anilines is 4. The van der Waals surface area contributed by atoms with Gasteiger partial charge in [-0.3, -0.25) is 29.4 Å². The molecule has 4 amide bonds. The summed E-state index contributed by atoms with van der Waals surface area (Å²) in [7, 11) is 2.02. The number of hydrogen-bond acceptors (Lipinski definition) is 11. The second-order valence-electron chi connectivity index (χ2n) is 13.3. The molecule has 2 aromatic carbocycles. The van der Waals surface area contributed by atoms with E-state index in [1.54, 1.807) is 6.07 Å². The summed E-state index contributed by atoms with van der Waals surface area (Å²) in [6, 6.07) is 10.0. The Labute approximate surface area is 308 Å². The number of aromatic nitrogens is 3. The average Bonchev–Trinajstić information content (AvgIpc) is 3.70. The average molecular weight is 746 g/mol. The lowest BCUT2D eigenvalue weighted by Crippen LogP contribution is -2.52. The maximum Gasteiger partial charge on any atom is 0.267 e. The molecule has 1 atom stereocenters. The van der Waals surface area contributed by atoms with E-state index < -0.39 is 23.7 Å². The lowest BCUT2D eigenvalue weighted by atomic mass is 10.0. The molecule has 5 heterocycles. The van der Waals surface area contributed by atoms with Gasteiger partial charge >= 0.3 is 0 Å². The number of para-hydroxylation sites is 1. The highest BCUT2D eigenvalue weighted by molar-refractivity contribution is 7.17. The number of imide groups is 1. The summed E-state index contributed by atoms with van der Waals surface area (Å²) in [5.74, 6) is -0.354. The number of carbonyl (C=O) groups is 4. The number of aryl methyl sites for hydroxylation is 2. The number of thiazole rings is 1. The fourth-order valence-corrected chi connectivity index (χ4v) is 8.04. The molecule has 7 rings (SSSR count). The zero-order chi connectivity index (χ0) is 36.7. The van der Waals surface area contributed by atoms with Gasteiger partial charge in [0.25, 0.3) is 11.8 Å². The zero-order valence-electron chi connectivity index (χ0n) is 28.8.